The fourth-order valence-corrected chi connectivity index (χ4v) is 21.4. The molecular formula is C102H109F3N4O4S. The minimum Gasteiger partial charge on any atom is -0.508 e. The molecule has 0 aromatic heterocycles. The zero-order chi connectivity index (χ0) is 78.3. The second-order valence-corrected chi connectivity index (χ2v) is 35.2. The third kappa shape index (κ3) is 16.3. The fourth-order valence-electron chi connectivity index (χ4n) is 21.0. The first-order valence-corrected chi connectivity index (χ1v) is 43.5. The Balaban J connectivity index is 0.000000115. The van der Waals surface area contributed by atoms with Crippen LogP contribution < -0.4 is 9.50 Å². The number of halogens is 3. The van der Waals surface area contributed by atoms with Gasteiger partial charge in [0.05, 0.1) is 0 Å². The Hall–Kier alpha value is -9.40. The number of unbranched alkanes of at least 4 members (excludes halogenated alkanes) is 6. The van der Waals surface area contributed by atoms with Crippen molar-refractivity contribution in [3.05, 3.63) is 378 Å². The molecule has 588 valence electrons. The predicted octanol–water partition coefficient (Wildman–Crippen LogP) is 21.4. The van der Waals surface area contributed by atoms with Crippen molar-refractivity contribution in [3.8, 4) is 11.5 Å². The molecule has 8 nitrogen and oxygen atoms in total. The van der Waals surface area contributed by atoms with E-state index in [-0.39, 0.29) is 27.4 Å². The molecule has 4 aliphatic heterocycles. The second-order valence-electron chi connectivity index (χ2n) is 33.7. The summed E-state index contributed by atoms with van der Waals surface area (Å²) in [6, 6.07) is 92.6. The third-order valence-electron chi connectivity index (χ3n) is 26.3. The maximum atomic E-state index is 12.8. The van der Waals surface area contributed by atoms with E-state index >= 15 is 0 Å². The molecule has 114 heavy (non-hydrogen) atoms. The number of nitrogens with zero attached hydrogens (tertiary/aromatic N) is 3. The highest BCUT2D eigenvalue weighted by atomic mass is 32.2. The maximum Gasteiger partial charge on any atom is 0.534 e. The average molecular weight is 1540 g/mol. The summed E-state index contributed by atoms with van der Waals surface area (Å²) in [5.41, 5.74) is 24.0. The third-order valence-corrected chi connectivity index (χ3v) is 27.3. The zero-order valence-electron chi connectivity index (χ0n) is 66.4. The molecule has 4 heterocycles. The van der Waals surface area contributed by atoms with Gasteiger partial charge in [0.25, 0.3) is 0 Å². The summed E-state index contributed by atoms with van der Waals surface area (Å²) in [5.74, 6) is 0.0529. The van der Waals surface area contributed by atoms with Crippen LogP contribution in [0.4, 0.5) is 13.2 Å². The summed E-state index contributed by atoms with van der Waals surface area (Å²) < 4.78 is 65.8. The number of nitrogens with one attached hydrogen (secondary N) is 1. The van der Waals surface area contributed by atoms with Crippen LogP contribution in [0, 0.1) is 0 Å². The summed E-state index contributed by atoms with van der Waals surface area (Å²) in [7, 11) is -5.72. The van der Waals surface area contributed by atoms with Crippen molar-refractivity contribution in [1.29, 1.82) is 0 Å². The monoisotopic (exact) mass is 1540 g/mol. The van der Waals surface area contributed by atoms with E-state index in [1.807, 2.05) is 48.5 Å². The van der Waals surface area contributed by atoms with Gasteiger partial charge in [-0.15, -0.1) is 0 Å². The number of aromatic hydroxyl groups is 1. The molecule has 11 aromatic rings. The lowest BCUT2D eigenvalue weighted by Gasteiger charge is -2.38. The lowest BCUT2D eigenvalue weighted by Crippen LogP contribution is -2.36. The smallest absolute Gasteiger partial charge is 0.508 e. The van der Waals surface area contributed by atoms with Crippen LogP contribution >= 0.6 is 0 Å². The number of hydrogen-bond acceptors (Lipinski definition) is 8. The van der Waals surface area contributed by atoms with Crippen LogP contribution in [0.2, 0.25) is 0 Å². The molecule has 0 amide bonds. The van der Waals surface area contributed by atoms with Crippen LogP contribution in [0.25, 0.3) is 0 Å². The van der Waals surface area contributed by atoms with E-state index in [0.29, 0.717) is 12.2 Å². The molecule has 4 aliphatic carbocycles. The van der Waals surface area contributed by atoms with Gasteiger partial charge in [-0.2, -0.15) is 21.6 Å². The lowest BCUT2D eigenvalue weighted by molar-refractivity contribution is -0.0500. The number of alkyl halides is 3. The standard InChI is InChI=1S/C30H35N.C25H22F3NO3S.C24H23NO.C23H29N/c1-2-3-4-6-11-24-16-17-29-27(20-24)21-26-14-9-10-15-28(26)30(29)18-19-31(23-30)22-25-12-7-5-8-13-25;26-25(27,28)33(30,31)32-21-10-11-23-20(15-21)14-19-8-4-5-9-22(19)24(23)12-13-29(17-24)16-18-6-2-1-3-7-18;26-21-10-11-23-20(15-21)14-19-8-4-5-9-22(19)24(23)12-13-25(17-24)16-18-6-2-1-3-7-18;1-2-3-4-5-8-18-11-12-22-20(15-18)16-19-9-6-7-10-21(19)23(22)13-14-24-17-23/h5,7-10,12-17,20H,2-4,6,11,18-19,21-23H2,1H3;1-11,15H,12-14,16-17H2;1-11,15,26H,12-14,16-17H2;6-7,9-12,15,24H,2-5,8,13-14,16-17H2,1H3. The van der Waals surface area contributed by atoms with Gasteiger partial charge in [-0.1, -0.05) is 289 Å². The number of fused-ring (bicyclic) bond motifs is 16. The minimum atomic E-state index is -5.72. The Kier molecular flexibility index (Phi) is 23.5. The highest BCUT2D eigenvalue weighted by molar-refractivity contribution is 7.88. The molecule has 4 spiro atoms. The molecule has 4 unspecified atom stereocenters. The van der Waals surface area contributed by atoms with Crippen LogP contribution in [-0.2, 0) is 89.9 Å². The highest BCUT2D eigenvalue weighted by Crippen LogP contribution is 2.53. The molecule has 0 saturated carbocycles. The second kappa shape index (κ2) is 34.2. The van der Waals surface area contributed by atoms with Gasteiger partial charge in [-0.3, -0.25) is 14.7 Å². The van der Waals surface area contributed by atoms with Gasteiger partial charge in [0.2, 0.25) is 0 Å². The number of aryl methyl sites for hydroxylation is 2. The number of phenolic OH excluding ortho intramolecular Hbond substituents is 1. The Morgan fingerprint density at radius 3 is 1.10 bits per heavy atom. The zero-order valence-corrected chi connectivity index (χ0v) is 67.2. The molecule has 4 fully saturated rings. The quantitative estimate of drug-likeness (QED) is 0.0499. The van der Waals surface area contributed by atoms with Crippen molar-refractivity contribution in [2.24, 2.45) is 0 Å². The van der Waals surface area contributed by atoms with Crippen LogP contribution in [0.15, 0.2) is 261 Å². The van der Waals surface area contributed by atoms with Crippen molar-refractivity contribution < 1.29 is 30.9 Å². The topological polar surface area (TPSA) is 85.3 Å². The van der Waals surface area contributed by atoms with Crippen LogP contribution in [0.5, 0.6) is 11.5 Å². The normalized spacial score (nSPS) is 20.9. The summed E-state index contributed by atoms with van der Waals surface area (Å²) >= 11 is 0. The number of hydrogen-bond donors (Lipinski definition) is 2. The first-order chi connectivity index (χ1) is 55.5. The lowest BCUT2D eigenvalue weighted by atomic mass is 9.65. The molecule has 11 aromatic carbocycles. The molecule has 2 N–H and O–H groups in total. The molecular weight excluding hydrogens is 1430 g/mol. The first-order valence-electron chi connectivity index (χ1n) is 42.1. The summed E-state index contributed by atoms with van der Waals surface area (Å²) in [4.78, 5) is 7.63. The molecule has 0 bridgehead atoms. The first kappa shape index (κ1) is 78.5. The summed E-state index contributed by atoms with van der Waals surface area (Å²) in [6.45, 7) is 15.7. The molecule has 0 radical (unpaired) electrons. The van der Waals surface area contributed by atoms with Crippen molar-refractivity contribution in [1.82, 2.24) is 20.0 Å². The van der Waals surface area contributed by atoms with Gasteiger partial charge in [0, 0.05) is 67.5 Å². The Labute approximate surface area is 674 Å². The molecule has 12 heteroatoms. The van der Waals surface area contributed by atoms with Crippen LogP contribution in [-0.4, -0.2) is 86.1 Å². The maximum absolute atomic E-state index is 12.8. The van der Waals surface area contributed by atoms with E-state index in [1.54, 1.807) is 45.0 Å². The molecule has 4 saturated heterocycles. The predicted molar refractivity (Wildman–Crippen MR) is 455 cm³/mol. The highest BCUT2D eigenvalue weighted by Gasteiger charge is 2.51. The minimum absolute atomic E-state index is 0.0483. The number of likely N-dealkylation sites (tertiary alicyclic amines) is 3. The summed E-state index contributed by atoms with van der Waals surface area (Å²) in [5, 5.41) is 13.6. The van der Waals surface area contributed by atoms with Crippen molar-refractivity contribution in [3.63, 3.8) is 0 Å². The van der Waals surface area contributed by atoms with Crippen LogP contribution in [0.3, 0.4) is 0 Å². The van der Waals surface area contributed by atoms with Gasteiger partial charge in [0.15, 0.2) is 0 Å². The van der Waals surface area contributed by atoms with E-state index in [1.165, 1.54) is 157 Å². The number of rotatable bonds is 18. The van der Waals surface area contributed by atoms with Gasteiger partial charge >= 0.3 is 15.6 Å². The molecule has 19 rings (SSSR count). The van der Waals surface area contributed by atoms with Gasteiger partial charge < -0.3 is 14.6 Å². The molecule has 8 aliphatic rings. The van der Waals surface area contributed by atoms with Crippen LogP contribution in [0.1, 0.15) is 208 Å². The Morgan fingerprint density at radius 2 is 0.711 bits per heavy atom. The number of benzene rings is 11. The Morgan fingerprint density at radius 1 is 0.368 bits per heavy atom. The Bertz CT molecular complexity index is 5280. The molecule has 4 atom stereocenters. The fraction of sp³-hybridized carbons (Fsp3) is 0.353. The van der Waals surface area contributed by atoms with Gasteiger partial charge in [-0.25, -0.2) is 0 Å². The number of phenols is 1. The van der Waals surface area contributed by atoms with Crippen molar-refractivity contribution >= 4 is 10.1 Å². The van der Waals surface area contributed by atoms with E-state index in [9.17, 15) is 26.7 Å². The average Bonchev–Trinajstić information content (AvgIpc) is 1.36. The van der Waals surface area contributed by atoms with Crippen molar-refractivity contribution in [2.45, 2.75) is 176 Å². The van der Waals surface area contributed by atoms with Gasteiger partial charge in [0.1, 0.15) is 11.5 Å². The largest absolute Gasteiger partial charge is 0.534 e. The SMILES string of the molecule is CCCCCCc1ccc2c(c1)Cc1ccccc1C21CCN(Cc2ccccc2)C1.CCCCCCc1ccc2c(c1)Cc1ccccc1C21CCNC1.O=S(=O)(Oc1ccc2c(c1)Cc1ccccc1C21CCN(Cc2ccccc2)C1)C(F)(F)F.Oc1ccc2c(c1)Cc1ccccc1C21CCN(Cc2ccccc2)C1. The van der Waals surface area contributed by atoms with E-state index in [0.717, 1.165) is 114 Å². The summed E-state index contributed by atoms with van der Waals surface area (Å²) in [6.07, 6.45) is 21.3. The van der Waals surface area contributed by atoms with E-state index < -0.39 is 15.6 Å². The van der Waals surface area contributed by atoms with E-state index in [2.05, 4.69) is 232 Å². The van der Waals surface area contributed by atoms with Crippen molar-refractivity contribution in [2.75, 3.05) is 52.4 Å². The van der Waals surface area contributed by atoms with E-state index in [4.69, 9.17) is 0 Å². The van der Waals surface area contributed by atoms with Gasteiger partial charge in [-0.05, 0) is 244 Å².